The maximum Gasteiger partial charge on any atom is 0.224 e. The molecular formula is C15H20Cl2N2O3. The van der Waals surface area contributed by atoms with Gasteiger partial charge in [-0.2, -0.15) is 0 Å². The number of carbonyl (C=O) groups is 1. The fourth-order valence-electron chi connectivity index (χ4n) is 2.83. The summed E-state index contributed by atoms with van der Waals surface area (Å²) >= 11 is 11.9. The summed E-state index contributed by atoms with van der Waals surface area (Å²) in [5.41, 5.74) is 6.84. The van der Waals surface area contributed by atoms with Crippen LogP contribution in [0, 0.1) is 5.92 Å². The van der Waals surface area contributed by atoms with Gasteiger partial charge in [-0.3, -0.25) is 4.79 Å². The number of halogens is 2. The molecule has 5 nitrogen and oxygen atoms in total. The number of carbonyl (C=O) groups excluding carboxylic acids is 1. The minimum absolute atomic E-state index is 0.0353. The molecule has 0 saturated carbocycles. The molecule has 1 aromatic rings. The topological polar surface area (TPSA) is 86.8 Å². The van der Waals surface area contributed by atoms with Gasteiger partial charge in [-0.1, -0.05) is 23.2 Å². The first-order valence-corrected chi connectivity index (χ1v) is 8.01. The van der Waals surface area contributed by atoms with E-state index in [2.05, 4.69) is 0 Å². The second kappa shape index (κ2) is 7.51. The first kappa shape index (κ1) is 17.3. The van der Waals surface area contributed by atoms with E-state index in [1.807, 2.05) is 0 Å². The number of hydrogen-bond donors (Lipinski definition) is 3. The van der Waals surface area contributed by atoms with E-state index in [1.54, 1.807) is 11.0 Å². The van der Waals surface area contributed by atoms with Gasteiger partial charge >= 0.3 is 0 Å². The van der Waals surface area contributed by atoms with Crippen LogP contribution in [-0.2, 0) is 4.79 Å². The lowest BCUT2D eigenvalue weighted by Crippen LogP contribution is -2.41. The zero-order valence-corrected chi connectivity index (χ0v) is 13.6. The van der Waals surface area contributed by atoms with Crippen molar-refractivity contribution < 1.29 is 15.0 Å². The smallest absolute Gasteiger partial charge is 0.224 e. The van der Waals surface area contributed by atoms with E-state index in [0.29, 0.717) is 28.7 Å². The fourth-order valence-corrected chi connectivity index (χ4v) is 3.16. The molecule has 1 fully saturated rings. The Morgan fingerprint density at radius 2 is 1.91 bits per heavy atom. The SMILES string of the molecule is NC(c1cc(Cl)c(Cl)cc1O)C1CCN(C(=O)CCO)CC1. The van der Waals surface area contributed by atoms with Gasteiger partial charge in [0.05, 0.1) is 16.7 Å². The molecule has 1 amide bonds. The van der Waals surface area contributed by atoms with Gasteiger partial charge in [0, 0.05) is 37.2 Å². The van der Waals surface area contributed by atoms with Crippen LogP contribution < -0.4 is 5.73 Å². The Balaban J connectivity index is 2.02. The molecule has 1 aromatic carbocycles. The molecule has 1 aliphatic rings. The quantitative estimate of drug-likeness (QED) is 0.780. The van der Waals surface area contributed by atoms with Gasteiger partial charge < -0.3 is 20.8 Å². The summed E-state index contributed by atoms with van der Waals surface area (Å²) in [5.74, 6) is 0.161. The van der Waals surface area contributed by atoms with Gasteiger partial charge in [0.2, 0.25) is 5.91 Å². The zero-order chi connectivity index (χ0) is 16.3. The number of aliphatic hydroxyl groups is 1. The standard InChI is InChI=1S/C15H20Cl2N2O3/c16-11-7-10(13(21)8-12(11)17)15(18)9-1-4-19(5-2-9)14(22)3-6-20/h7-9,15,20-21H,1-6,18H2. The Morgan fingerprint density at radius 3 is 2.50 bits per heavy atom. The van der Waals surface area contributed by atoms with Crippen molar-refractivity contribution in [2.75, 3.05) is 19.7 Å². The van der Waals surface area contributed by atoms with Crippen LogP contribution >= 0.6 is 23.2 Å². The minimum atomic E-state index is -0.357. The van der Waals surface area contributed by atoms with Gasteiger partial charge in [-0.15, -0.1) is 0 Å². The number of phenols is 1. The Bertz CT molecular complexity index is 546. The van der Waals surface area contributed by atoms with Gasteiger partial charge in [-0.25, -0.2) is 0 Å². The van der Waals surface area contributed by atoms with Crippen molar-refractivity contribution in [2.24, 2.45) is 11.7 Å². The normalized spacial score (nSPS) is 17.5. The van der Waals surface area contributed by atoms with E-state index in [4.69, 9.17) is 34.0 Å². The Hall–Kier alpha value is -1.01. The summed E-state index contributed by atoms with van der Waals surface area (Å²) in [7, 11) is 0. The number of hydrogen-bond acceptors (Lipinski definition) is 4. The minimum Gasteiger partial charge on any atom is -0.508 e. The maximum atomic E-state index is 11.7. The predicted octanol–water partition coefficient (Wildman–Crippen LogP) is 2.32. The molecule has 0 radical (unpaired) electrons. The highest BCUT2D eigenvalue weighted by Crippen LogP contribution is 2.37. The summed E-state index contributed by atoms with van der Waals surface area (Å²) < 4.78 is 0. The third-order valence-corrected chi connectivity index (χ3v) is 4.88. The molecule has 0 aromatic heterocycles. The Kier molecular flexibility index (Phi) is 5.92. The molecule has 7 heteroatoms. The molecule has 1 unspecified atom stereocenters. The van der Waals surface area contributed by atoms with Crippen LogP contribution in [0.3, 0.4) is 0 Å². The fraction of sp³-hybridized carbons (Fsp3) is 0.533. The molecule has 2 rings (SSSR count). The number of benzene rings is 1. The second-order valence-electron chi connectivity index (χ2n) is 5.54. The largest absolute Gasteiger partial charge is 0.508 e. The number of rotatable bonds is 4. The predicted molar refractivity (Wildman–Crippen MR) is 86.1 cm³/mol. The molecule has 1 saturated heterocycles. The molecule has 122 valence electrons. The van der Waals surface area contributed by atoms with Crippen molar-refractivity contribution >= 4 is 29.1 Å². The molecule has 0 bridgehead atoms. The Morgan fingerprint density at radius 1 is 1.32 bits per heavy atom. The molecule has 0 aliphatic carbocycles. The van der Waals surface area contributed by atoms with Gasteiger partial charge in [0.15, 0.2) is 0 Å². The first-order chi connectivity index (χ1) is 10.4. The van der Waals surface area contributed by atoms with E-state index in [9.17, 15) is 9.90 Å². The van der Waals surface area contributed by atoms with Crippen LogP contribution in [-0.4, -0.2) is 40.7 Å². The lowest BCUT2D eigenvalue weighted by atomic mass is 9.85. The summed E-state index contributed by atoms with van der Waals surface area (Å²) in [6.07, 6.45) is 1.65. The molecular weight excluding hydrogens is 327 g/mol. The number of nitrogens with zero attached hydrogens (tertiary/aromatic N) is 1. The number of phenolic OH excluding ortho intramolecular Hbond substituents is 1. The third-order valence-electron chi connectivity index (χ3n) is 4.15. The first-order valence-electron chi connectivity index (χ1n) is 7.26. The average Bonchev–Trinajstić information content (AvgIpc) is 2.50. The lowest BCUT2D eigenvalue weighted by Gasteiger charge is -2.35. The number of aromatic hydroxyl groups is 1. The lowest BCUT2D eigenvalue weighted by molar-refractivity contribution is -0.133. The van der Waals surface area contributed by atoms with E-state index >= 15 is 0 Å². The highest BCUT2D eigenvalue weighted by atomic mass is 35.5. The van der Waals surface area contributed by atoms with Crippen LogP contribution in [0.2, 0.25) is 10.0 Å². The average molecular weight is 347 g/mol. The third kappa shape index (κ3) is 3.84. The summed E-state index contributed by atoms with van der Waals surface area (Å²) in [6.45, 7) is 1.09. The van der Waals surface area contributed by atoms with Crippen molar-refractivity contribution in [1.82, 2.24) is 4.90 Å². The number of aliphatic hydroxyl groups excluding tert-OH is 1. The molecule has 1 atom stereocenters. The van der Waals surface area contributed by atoms with Crippen molar-refractivity contribution in [2.45, 2.75) is 25.3 Å². The Labute approximate surface area is 139 Å². The molecule has 4 N–H and O–H groups in total. The van der Waals surface area contributed by atoms with Crippen LogP contribution in [0.4, 0.5) is 0 Å². The highest BCUT2D eigenvalue weighted by Gasteiger charge is 2.28. The summed E-state index contributed by atoms with van der Waals surface area (Å²) in [4.78, 5) is 13.5. The number of nitrogens with two attached hydrogens (primary N) is 1. The van der Waals surface area contributed by atoms with Gasteiger partial charge in [0.25, 0.3) is 0 Å². The molecule has 1 aliphatic heterocycles. The summed E-state index contributed by atoms with van der Waals surface area (Å²) in [5, 5.41) is 19.5. The molecule has 0 spiro atoms. The van der Waals surface area contributed by atoms with Crippen molar-refractivity contribution in [1.29, 1.82) is 0 Å². The second-order valence-corrected chi connectivity index (χ2v) is 6.36. The van der Waals surface area contributed by atoms with Crippen LogP contribution in [0.15, 0.2) is 12.1 Å². The number of amides is 1. The van der Waals surface area contributed by atoms with Crippen LogP contribution in [0.25, 0.3) is 0 Å². The summed E-state index contributed by atoms with van der Waals surface area (Å²) in [6, 6.07) is 2.65. The van der Waals surface area contributed by atoms with Crippen LogP contribution in [0.5, 0.6) is 5.75 Å². The zero-order valence-electron chi connectivity index (χ0n) is 12.1. The van der Waals surface area contributed by atoms with E-state index < -0.39 is 0 Å². The monoisotopic (exact) mass is 346 g/mol. The van der Waals surface area contributed by atoms with Gasteiger partial charge in [0.1, 0.15) is 5.75 Å². The van der Waals surface area contributed by atoms with Crippen molar-refractivity contribution in [3.05, 3.63) is 27.7 Å². The van der Waals surface area contributed by atoms with Gasteiger partial charge in [-0.05, 0) is 24.8 Å². The van der Waals surface area contributed by atoms with Crippen molar-refractivity contribution in [3.63, 3.8) is 0 Å². The van der Waals surface area contributed by atoms with Crippen LogP contribution in [0.1, 0.15) is 30.9 Å². The highest BCUT2D eigenvalue weighted by molar-refractivity contribution is 6.42. The molecule has 22 heavy (non-hydrogen) atoms. The number of likely N-dealkylation sites (tertiary alicyclic amines) is 1. The van der Waals surface area contributed by atoms with E-state index in [1.165, 1.54) is 6.07 Å². The number of piperidine rings is 1. The maximum absolute atomic E-state index is 11.7. The van der Waals surface area contributed by atoms with E-state index in [0.717, 1.165) is 12.8 Å². The molecule has 1 heterocycles. The van der Waals surface area contributed by atoms with E-state index in [-0.39, 0.29) is 36.6 Å². The van der Waals surface area contributed by atoms with Crippen molar-refractivity contribution in [3.8, 4) is 5.75 Å².